The Labute approximate surface area is 173 Å². The highest BCUT2D eigenvalue weighted by atomic mass is 32.1. The summed E-state index contributed by atoms with van der Waals surface area (Å²) in [6, 6.07) is 16.6. The maximum absolute atomic E-state index is 8.80. The molecule has 0 aliphatic heterocycles. The summed E-state index contributed by atoms with van der Waals surface area (Å²) >= 11 is 4.20. The molecule has 28 heavy (non-hydrogen) atoms. The van der Waals surface area contributed by atoms with Crippen LogP contribution in [0.3, 0.4) is 0 Å². The fourth-order valence-corrected chi connectivity index (χ4v) is 4.55. The summed E-state index contributed by atoms with van der Waals surface area (Å²) in [6.45, 7) is 6.77. The number of thiol groups is 1. The van der Waals surface area contributed by atoms with Gasteiger partial charge in [0.25, 0.3) is 0 Å². The molecule has 2 N–H and O–H groups in total. The fraction of sp³-hybridized carbons (Fsp3) is 0.208. The highest BCUT2D eigenvalue weighted by Gasteiger charge is 2.28. The summed E-state index contributed by atoms with van der Waals surface area (Å²) in [5.74, 6) is 0. The van der Waals surface area contributed by atoms with Gasteiger partial charge >= 0.3 is 0 Å². The first kappa shape index (κ1) is 19.0. The normalized spacial score (nSPS) is 17.7. The highest BCUT2D eigenvalue weighted by molar-refractivity contribution is 7.78. The van der Waals surface area contributed by atoms with Crippen LogP contribution in [0.5, 0.6) is 0 Å². The topological polar surface area (TPSA) is 35.9 Å². The first-order valence-corrected chi connectivity index (χ1v) is 9.89. The summed E-state index contributed by atoms with van der Waals surface area (Å²) in [5, 5.41) is 13.6. The molecule has 1 atom stereocenters. The molecular formula is C24H23BN2S. The number of benzene rings is 3. The van der Waals surface area contributed by atoms with Crippen molar-refractivity contribution in [2.45, 2.75) is 32.2 Å². The van der Waals surface area contributed by atoms with Gasteiger partial charge < -0.3 is 5.41 Å². The molecule has 4 heteroatoms. The fourth-order valence-electron chi connectivity index (χ4n) is 4.27. The molecule has 0 heterocycles. The Balaban J connectivity index is 2.18. The van der Waals surface area contributed by atoms with Crippen molar-refractivity contribution in [1.82, 2.24) is 4.72 Å². The number of rotatable bonds is 2. The van der Waals surface area contributed by atoms with Crippen molar-refractivity contribution in [2.75, 3.05) is 0 Å². The van der Waals surface area contributed by atoms with Gasteiger partial charge in [-0.05, 0) is 38.1 Å². The van der Waals surface area contributed by atoms with E-state index >= 15 is 0 Å². The zero-order valence-electron chi connectivity index (χ0n) is 16.4. The van der Waals surface area contributed by atoms with Gasteiger partial charge in [0.2, 0.25) is 0 Å². The molecule has 2 nitrogen and oxygen atoms in total. The van der Waals surface area contributed by atoms with E-state index < -0.39 is 6.04 Å². The third-order valence-corrected chi connectivity index (χ3v) is 5.69. The molecule has 3 aromatic rings. The molecule has 2 radical (unpaired) electrons. The van der Waals surface area contributed by atoms with Gasteiger partial charge in [-0.1, -0.05) is 99.7 Å². The van der Waals surface area contributed by atoms with E-state index in [0.29, 0.717) is 11.2 Å². The van der Waals surface area contributed by atoms with Gasteiger partial charge in [-0.25, -0.2) is 0 Å². The van der Waals surface area contributed by atoms with Crippen LogP contribution in [-0.4, -0.2) is 19.6 Å². The van der Waals surface area contributed by atoms with Crippen LogP contribution in [0, 0.1) is 5.41 Å². The summed E-state index contributed by atoms with van der Waals surface area (Å²) in [6.07, 6.45) is 3.84. The average Bonchev–Trinajstić information content (AvgIpc) is 2.66. The molecule has 0 spiro atoms. The smallest absolute Gasteiger partial charge is 0.110 e. The SMILES string of the molecule is [B]C1=CC=C(c2c3ccccc3c(C(C)(C)C)c3ccccc23)C(=N)C1NS. The van der Waals surface area contributed by atoms with Gasteiger partial charge in [0, 0.05) is 5.57 Å². The van der Waals surface area contributed by atoms with E-state index in [1.165, 1.54) is 16.3 Å². The van der Waals surface area contributed by atoms with Crippen LogP contribution >= 0.6 is 12.8 Å². The van der Waals surface area contributed by atoms with Crippen molar-refractivity contribution in [1.29, 1.82) is 5.41 Å². The highest BCUT2D eigenvalue weighted by Crippen LogP contribution is 2.42. The molecule has 1 aliphatic carbocycles. The average molecular weight is 382 g/mol. The lowest BCUT2D eigenvalue weighted by Gasteiger charge is -2.29. The van der Waals surface area contributed by atoms with Crippen LogP contribution < -0.4 is 4.72 Å². The summed E-state index contributed by atoms with van der Waals surface area (Å²) in [5.41, 5.74) is 4.34. The molecule has 0 bridgehead atoms. The van der Waals surface area contributed by atoms with E-state index in [4.69, 9.17) is 13.3 Å². The van der Waals surface area contributed by atoms with E-state index in [2.05, 4.69) is 86.8 Å². The van der Waals surface area contributed by atoms with Gasteiger partial charge in [0.05, 0.1) is 11.8 Å². The van der Waals surface area contributed by atoms with E-state index in [0.717, 1.165) is 21.9 Å². The number of nitrogens with one attached hydrogen (secondary N) is 2. The monoisotopic (exact) mass is 382 g/mol. The minimum atomic E-state index is -0.400. The predicted octanol–water partition coefficient (Wildman–Crippen LogP) is 5.56. The van der Waals surface area contributed by atoms with Crippen LogP contribution in [0.2, 0.25) is 0 Å². The van der Waals surface area contributed by atoms with Crippen molar-refractivity contribution in [3.05, 3.63) is 77.3 Å². The molecule has 1 unspecified atom stereocenters. The number of hydrogen-bond acceptors (Lipinski definition) is 3. The van der Waals surface area contributed by atoms with Crippen LogP contribution in [0.4, 0.5) is 0 Å². The first-order valence-electron chi connectivity index (χ1n) is 9.44. The molecule has 138 valence electrons. The van der Waals surface area contributed by atoms with Crippen molar-refractivity contribution in [3.8, 4) is 0 Å². The molecule has 3 aromatic carbocycles. The Morgan fingerprint density at radius 2 is 1.39 bits per heavy atom. The second-order valence-corrected chi connectivity index (χ2v) is 8.57. The molecular weight excluding hydrogens is 359 g/mol. The van der Waals surface area contributed by atoms with Crippen LogP contribution in [0.1, 0.15) is 31.9 Å². The Hall–Kier alpha value is -2.30. The first-order chi connectivity index (χ1) is 13.3. The minimum absolute atomic E-state index is 0.00822. The summed E-state index contributed by atoms with van der Waals surface area (Å²) < 4.78 is 2.87. The minimum Gasteiger partial charge on any atom is -0.303 e. The molecule has 0 fully saturated rings. The zero-order chi connectivity index (χ0) is 20.1. The Kier molecular flexibility index (Phi) is 4.72. The summed E-state index contributed by atoms with van der Waals surface area (Å²) in [4.78, 5) is 0. The Morgan fingerprint density at radius 3 is 1.86 bits per heavy atom. The molecule has 1 aliphatic rings. The molecule has 0 saturated heterocycles. The standard InChI is InChI=1S/C24H23BN2S/c1-24(2,3)21-16-10-6-4-8-14(16)20(15-9-5-7-11-17(15)21)18-12-13-19(25)23(27-28)22(18)26/h4-13,23,26-28H,1-3H3. The maximum atomic E-state index is 8.80. The van der Waals surface area contributed by atoms with Crippen molar-refractivity contribution in [2.24, 2.45) is 0 Å². The van der Waals surface area contributed by atoms with Crippen molar-refractivity contribution < 1.29 is 0 Å². The maximum Gasteiger partial charge on any atom is 0.110 e. The third kappa shape index (κ3) is 2.92. The Morgan fingerprint density at radius 1 is 0.893 bits per heavy atom. The molecule has 0 amide bonds. The number of hydrogen-bond donors (Lipinski definition) is 3. The van der Waals surface area contributed by atoms with Crippen LogP contribution in [-0.2, 0) is 5.41 Å². The van der Waals surface area contributed by atoms with Crippen LogP contribution in [0.25, 0.3) is 27.1 Å². The van der Waals surface area contributed by atoms with Gasteiger partial charge in [-0.2, -0.15) is 0 Å². The number of fused-ring (bicyclic) bond motifs is 2. The molecule has 0 saturated carbocycles. The largest absolute Gasteiger partial charge is 0.303 e. The zero-order valence-corrected chi connectivity index (χ0v) is 17.3. The van der Waals surface area contributed by atoms with Crippen LogP contribution in [0.15, 0.2) is 66.2 Å². The van der Waals surface area contributed by atoms with E-state index in [1.54, 1.807) is 0 Å². The quantitative estimate of drug-likeness (QED) is 0.303. The summed E-state index contributed by atoms with van der Waals surface area (Å²) in [7, 11) is 6.09. The Bertz CT molecular complexity index is 1110. The lowest BCUT2D eigenvalue weighted by Crippen LogP contribution is -2.35. The van der Waals surface area contributed by atoms with Crippen molar-refractivity contribution >= 4 is 53.5 Å². The van der Waals surface area contributed by atoms with E-state index in [-0.39, 0.29) is 5.41 Å². The van der Waals surface area contributed by atoms with Gasteiger partial charge in [-0.3, -0.25) is 4.72 Å². The molecule has 4 rings (SSSR count). The number of allylic oxidation sites excluding steroid dienone is 2. The lowest BCUT2D eigenvalue weighted by atomic mass is 9.74. The predicted molar refractivity (Wildman–Crippen MR) is 126 cm³/mol. The third-order valence-electron chi connectivity index (χ3n) is 5.43. The second-order valence-electron chi connectivity index (χ2n) is 8.31. The van der Waals surface area contributed by atoms with Crippen molar-refractivity contribution in [3.63, 3.8) is 0 Å². The lowest BCUT2D eigenvalue weighted by molar-refractivity contribution is 0.601. The van der Waals surface area contributed by atoms with Gasteiger partial charge in [-0.15, -0.1) is 0 Å². The van der Waals surface area contributed by atoms with Gasteiger partial charge in [0.15, 0.2) is 0 Å². The van der Waals surface area contributed by atoms with E-state index in [9.17, 15) is 0 Å². The van der Waals surface area contributed by atoms with Gasteiger partial charge in [0.1, 0.15) is 7.85 Å². The second kappa shape index (κ2) is 6.95. The molecule has 0 aromatic heterocycles. The van der Waals surface area contributed by atoms with E-state index in [1.807, 2.05) is 12.2 Å².